The van der Waals surface area contributed by atoms with Gasteiger partial charge in [-0.15, -0.1) is 0 Å². The van der Waals surface area contributed by atoms with Crippen LogP contribution in [-0.4, -0.2) is 41.8 Å². The summed E-state index contributed by atoms with van der Waals surface area (Å²) < 4.78 is 0. The van der Waals surface area contributed by atoms with Crippen molar-refractivity contribution in [3.05, 3.63) is 35.9 Å². The number of benzene rings is 1. The van der Waals surface area contributed by atoms with Gasteiger partial charge in [0, 0.05) is 25.7 Å². The van der Waals surface area contributed by atoms with Gasteiger partial charge in [-0.05, 0) is 37.3 Å². The molecule has 1 aromatic carbocycles. The number of aliphatic hydroxyl groups is 1. The van der Waals surface area contributed by atoms with Gasteiger partial charge in [0.15, 0.2) is 0 Å². The molecular formula is C18H30N2O. The zero-order chi connectivity index (χ0) is 15.1. The quantitative estimate of drug-likeness (QED) is 0.810. The van der Waals surface area contributed by atoms with Crippen LogP contribution < -0.4 is 5.32 Å². The molecule has 1 fully saturated rings. The predicted octanol–water partition coefficient (Wildman–Crippen LogP) is 2.65. The SMILES string of the molecule is CCCN1CC(NCc2ccccc2)CC(C(O)CC)C1. The maximum atomic E-state index is 10.2. The summed E-state index contributed by atoms with van der Waals surface area (Å²) in [4.78, 5) is 2.51. The second-order valence-electron chi connectivity index (χ2n) is 6.29. The smallest absolute Gasteiger partial charge is 0.0578 e. The molecule has 0 radical (unpaired) electrons. The van der Waals surface area contributed by atoms with Crippen LogP contribution >= 0.6 is 0 Å². The lowest BCUT2D eigenvalue weighted by molar-refractivity contribution is 0.0354. The first-order valence-corrected chi connectivity index (χ1v) is 8.40. The molecule has 3 unspecified atom stereocenters. The minimum atomic E-state index is -0.161. The highest BCUT2D eigenvalue weighted by Crippen LogP contribution is 2.22. The fourth-order valence-electron chi connectivity index (χ4n) is 3.35. The van der Waals surface area contributed by atoms with Crippen LogP contribution in [0.1, 0.15) is 38.7 Å². The van der Waals surface area contributed by atoms with Gasteiger partial charge in [-0.25, -0.2) is 0 Å². The monoisotopic (exact) mass is 290 g/mol. The van der Waals surface area contributed by atoms with E-state index in [-0.39, 0.29) is 6.10 Å². The Morgan fingerprint density at radius 3 is 2.67 bits per heavy atom. The van der Waals surface area contributed by atoms with Gasteiger partial charge in [0.05, 0.1) is 6.10 Å². The van der Waals surface area contributed by atoms with E-state index >= 15 is 0 Å². The largest absolute Gasteiger partial charge is 0.393 e. The minimum Gasteiger partial charge on any atom is -0.393 e. The van der Waals surface area contributed by atoms with Gasteiger partial charge in [0.25, 0.3) is 0 Å². The molecule has 0 bridgehead atoms. The molecule has 0 aliphatic carbocycles. The first-order chi connectivity index (χ1) is 10.2. The molecule has 1 aliphatic rings. The van der Waals surface area contributed by atoms with Crippen LogP contribution in [0.3, 0.4) is 0 Å². The van der Waals surface area contributed by atoms with E-state index in [1.807, 2.05) is 0 Å². The third kappa shape index (κ3) is 5.10. The average molecular weight is 290 g/mol. The number of aliphatic hydroxyl groups excluding tert-OH is 1. The zero-order valence-electron chi connectivity index (χ0n) is 13.5. The van der Waals surface area contributed by atoms with Crippen molar-refractivity contribution in [3.8, 4) is 0 Å². The van der Waals surface area contributed by atoms with Crippen LogP contribution in [0.2, 0.25) is 0 Å². The molecule has 118 valence electrons. The zero-order valence-corrected chi connectivity index (χ0v) is 13.5. The van der Waals surface area contributed by atoms with E-state index in [4.69, 9.17) is 0 Å². The molecule has 0 amide bonds. The first-order valence-electron chi connectivity index (χ1n) is 8.40. The van der Waals surface area contributed by atoms with E-state index in [0.29, 0.717) is 12.0 Å². The number of hydrogen-bond acceptors (Lipinski definition) is 3. The van der Waals surface area contributed by atoms with E-state index in [2.05, 4.69) is 54.4 Å². The Morgan fingerprint density at radius 2 is 2.00 bits per heavy atom. The Hall–Kier alpha value is -0.900. The molecule has 0 aromatic heterocycles. The summed E-state index contributed by atoms with van der Waals surface area (Å²) in [5, 5.41) is 13.9. The maximum Gasteiger partial charge on any atom is 0.0578 e. The molecular weight excluding hydrogens is 260 g/mol. The highest BCUT2D eigenvalue weighted by molar-refractivity contribution is 5.14. The molecule has 1 aliphatic heterocycles. The Bertz CT molecular complexity index is 395. The van der Waals surface area contributed by atoms with Gasteiger partial charge >= 0.3 is 0 Å². The number of likely N-dealkylation sites (tertiary alicyclic amines) is 1. The number of nitrogens with zero attached hydrogens (tertiary/aromatic N) is 1. The minimum absolute atomic E-state index is 0.161. The van der Waals surface area contributed by atoms with Crippen LogP contribution in [0.25, 0.3) is 0 Å². The summed E-state index contributed by atoms with van der Waals surface area (Å²) in [6.45, 7) is 8.51. The van der Waals surface area contributed by atoms with Crippen molar-refractivity contribution < 1.29 is 5.11 Å². The van der Waals surface area contributed by atoms with Crippen molar-refractivity contribution >= 4 is 0 Å². The van der Waals surface area contributed by atoms with Crippen LogP contribution in [-0.2, 0) is 6.54 Å². The van der Waals surface area contributed by atoms with Crippen LogP contribution in [0.4, 0.5) is 0 Å². The summed E-state index contributed by atoms with van der Waals surface area (Å²) in [5.41, 5.74) is 1.33. The third-order valence-corrected chi connectivity index (χ3v) is 4.50. The predicted molar refractivity (Wildman–Crippen MR) is 88.2 cm³/mol. The van der Waals surface area contributed by atoms with Gasteiger partial charge in [-0.2, -0.15) is 0 Å². The first kappa shape index (κ1) is 16.5. The fourth-order valence-corrected chi connectivity index (χ4v) is 3.35. The highest BCUT2D eigenvalue weighted by atomic mass is 16.3. The molecule has 0 saturated carbocycles. The van der Waals surface area contributed by atoms with Gasteiger partial charge in [-0.1, -0.05) is 44.2 Å². The standard InChI is InChI=1S/C18H30N2O/c1-3-10-20-13-16(18(21)4-2)11-17(14-20)19-12-15-8-6-5-7-9-15/h5-9,16-19,21H,3-4,10-14H2,1-2H3. The molecule has 0 spiro atoms. The van der Waals surface area contributed by atoms with Crippen LogP contribution in [0.15, 0.2) is 30.3 Å². The Labute approximate surface area is 129 Å². The summed E-state index contributed by atoms with van der Waals surface area (Å²) >= 11 is 0. The van der Waals surface area contributed by atoms with E-state index < -0.39 is 0 Å². The van der Waals surface area contributed by atoms with Gasteiger partial charge in [0.2, 0.25) is 0 Å². The second-order valence-corrected chi connectivity index (χ2v) is 6.29. The molecule has 2 N–H and O–H groups in total. The van der Waals surface area contributed by atoms with Crippen molar-refractivity contribution in [1.29, 1.82) is 0 Å². The second kappa shape index (κ2) is 8.52. The molecule has 1 heterocycles. The molecule has 3 nitrogen and oxygen atoms in total. The number of piperidine rings is 1. The Balaban J connectivity index is 1.90. The molecule has 21 heavy (non-hydrogen) atoms. The Morgan fingerprint density at radius 1 is 1.24 bits per heavy atom. The van der Waals surface area contributed by atoms with Gasteiger partial charge < -0.3 is 15.3 Å². The maximum absolute atomic E-state index is 10.2. The summed E-state index contributed by atoms with van der Waals surface area (Å²) in [5.74, 6) is 0.406. The topological polar surface area (TPSA) is 35.5 Å². The average Bonchev–Trinajstić information content (AvgIpc) is 2.53. The fraction of sp³-hybridized carbons (Fsp3) is 0.667. The van der Waals surface area contributed by atoms with Crippen molar-refractivity contribution in [2.45, 2.75) is 51.8 Å². The molecule has 2 rings (SSSR count). The van der Waals surface area contributed by atoms with E-state index in [0.717, 1.165) is 39.0 Å². The highest BCUT2D eigenvalue weighted by Gasteiger charge is 2.30. The third-order valence-electron chi connectivity index (χ3n) is 4.50. The van der Waals surface area contributed by atoms with E-state index in [9.17, 15) is 5.11 Å². The summed E-state index contributed by atoms with van der Waals surface area (Å²) in [6.07, 6.45) is 2.96. The van der Waals surface area contributed by atoms with Gasteiger partial charge in [-0.3, -0.25) is 0 Å². The van der Waals surface area contributed by atoms with Crippen molar-refractivity contribution in [1.82, 2.24) is 10.2 Å². The van der Waals surface area contributed by atoms with Crippen molar-refractivity contribution in [3.63, 3.8) is 0 Å². The van der Waals surface area contributed by atoms with Crippen molar-refractivity contribution in [2.75, 3.05) is 19.6 Å². The summed E-state index contributed by atoms with van der Waals surface area (Å²) in [6, 6.07) is 11.0. The van der Waals surface area contributed by atoms with Crippen LogP contribution in [0.5, 0.6) is 0 Å². The normalized spacial score (nSPS) is 24.9. The molecule has 1 aromatic rings. The van der Waals surface area contributed by atoms with Gasteiger partial charge in [0.1, 0.15) is 0 Å². The molecule has 1 saturated heterocycles. The van der Waals surface area contributed by atoms with E-state index in [1.54, 1.807) is 0 Å². The Kier molecular flexibility index (Phi) is 6.68. The molecule has 3 heteroatoms. The number of nitrogens with one attached hydrogen (secondary N) is 1. The number of hydrogen-bond donors (Lipinski definition) is 2. The lowest BCUT2D eigenvalue weighted by Crippen LogP contribution is -2.51. The van der Waals surface area contributed by atoms with E-state index in [1.165, 1.54) is 12.0 Å². The summed E-state index contributed by atoms with van der Waals surface area (Å²) in [7, 11) is 0. The molecule has 3 atom stereocenters. The lowest BCUT2D eigenvalue weighted by Gasteiger charge is -2.40. The van der Waals surface area contributed by atoms with Crippen LogP contribution in [0, 0.1) is 5.92 Å². The van der Waals surface area contributed by atoms with Crippen molar-refractivity contribution in [2.24, 2.45) is 5.92 Å². The number of rotatable bonds is 7. The lowest BCUT2D eigenvalue weighted by atomic mass is 9.88.